The Hall–Kier alpha value is -1.42. The second kappa shape index (κ2) is 4.93. The lowest BCUT2D eigenvalue weighted by Crippen LogP contribution is -2.54. The number of halogens is 1. The van der Waals surface area contributed by atoms with E-state index in [-0.39, 0.29) is 22.9 Å². The van der Waals surface area contributed by atoms with E-state index in [1.165, 1.54) is 6.07 Å². The molecule has 1 atom stereocenters. The molecule has 0 aromatic heterocycles. The fourth-order valence-corrected chi connectivity index (χ4v) is 2.52. The molecule has 1 saturated heterocycles. The van der Waals surface area contributed by atoms with Crippen LogP contribution in [-0.4, -0.2) is 29.9 Å². The molecule has 0 aliphatic carbocycles. The second-order valence-electron chi connectivity index (χ2n) is 6.09. The molecule has 1 aromatic carbocycles. The fourth-order valence-electron chi connectivity index (χ4n) is 2.52. The first-order chi connectivity index (χ1) is 8.81. The second-order valence-corrected chi connectivity index (χ2v) is 6.09. The van der Waals surface area contributed by atoms with Crippen LogP contribution in [-0.2, 0) is 0 Å². The zero-order valence-electron chi connectivity index (χ0n) is 11.7. The number of nitrogens with zero attached hydrogens (tertiary/aromatic N) is 1. The lowest BCUT2D eigenvalue weighted by molar-refractivity contribution is 0.0528. The van der Waals surface area contributed by atoms with Crippen LogP contribution in [0.25, 0.3) is 0 Å². The van der Waals surface area contributed by atoms with E-state index in [2.05, 4.69) is 0 Å². The number of carbonyl (C=O) groups is 1. The van der Waals surface area contributed by atoms with Crippen molar-refractivity contribution in [3.05, 3.63) is 35.1 Å². The van der Waals surface area contributed by atoms with Crippen LogP contribution in [0.1, 0.15) is 36.2 Å². The molecule has 0 radical (unpaired) electrons. The normalized spacial score (nSPS) is 22.4. The van der Waals surface area contributed by atoms with Crippen LogP contribution in [0.3, 0.4) is 0 Å². The number of amides is 1. The van der Waals surface area contributed by atoms with E-state index < -0.39 is 5.82 Å². The summed E-state index contributed by atoms with van der Waals surface area (Å²) in [4.78, 5) is 14.1. The quantitative estimate of drug-likeness (QED) is 0.846. The molecular weight excluding hydrogens is 243 g/mol. The molecule has 1 fully saturated rings. The summed E-state index contributed by atoms with van der Waals surface area (Å²) < 4.78 is 13.8. The number of carbonyl (C=O) groups excluding carboxylic acids is 1. The maximum atomic E-state index is 13.8. The summed E-state index contributed by atoms with van der Waals surface area (Å²) in [6, 6.07) is 4.71. The smallest absolute Gasteiger partial charge is 0.256 e. The molecule has 3 nitrogen and oxygen atoms in total. The Kier molecular flexibility index (Phi) is 3.63. The lowest BCUT2D eigenvalue weighted by atomic mass is 9.79. The zero-order chi connectivity index (χ0) is 14.2. The SMILES string of the molecule is Cc1ccc(F)c(C(=O)N2CCC(N)C(C)(C)C2)c1. The topological polar surface area (TPSA) is 46.3 Å². The summed E-state index contributed by atoms with van der Waals surface area (Å²) in [5, 5.41) is 0. The van der Waals surface area contributed by atoms with Crippen molar-refractivity contribution in [3.8, 4) is 0 Å². The van der Waals surface area contributed by atoms with Gasteiger partial charge in [0.25, 0.3) is 5.91 Å². The van der Waals surface area contributed by atoms with Crippen molar-refractivity contribution in [2.24, 2.45) is 11.1 Å². The van der Waals surface area contributed by atoms with Gasteiger partial charge in [0.05, 0.1) is 5.56 Å². The van der Waals surface area contributed by atoms with Gasteiger partial charge in [-0.25, -0.2) is 4.39 Å². The highest BCUT2D eigenvalue weighted by molar-refractivity contribution is 5.94. The van der Waals surface area contributed by atoms with Crippen LogP contribution in [0, 0.1) is 18.2 Å². The van der Waals surface area contributed by atoms with Crippen LogP contribution >= 0.6 is 0 Å². The van der Waals surface area contributed by atoms with E-state index in [1.807, 2.05) is 20.8 Å². The number of nitrogens with two attached hydrogens (primary N) is 1. The van der Waals surface area contributed by atoms with Crippen molar-refractivity contribution in [1.82, 2.24) is 4.90 Å². The summed E-state index contributed by atoms with van der Waals surface area (Å²) in [5.74, 6) is -0.690. The van der Waals surface area contributed by atoms with Crippen LogP contribution in [0.4, 0.5) is 4.39 Å². The van der Waals surface area contributed by atoms with Crippen molar-refractivity contribution in [1.29, 1.82) is 0 Å². The first-order valence-electron chi connectivity index (χ1n) is 6.62. The first kappa shape index (κ1) is 14.0. The third-order valence-corrected chi connectivity index (χ3v) is 3.95. The molecule has 1 amide bonds. The van der Waals surface area contributed by atoms with Gasteiger partial charge in [-0.2, -0.15) is 0 Å². The molecule has 1 heterocycles. The Morgan fingerprint density at radius 2 is 2.16 bits per heavy atom. The molecule has 1 aliphatic rings. The molecule has 104 valence electrons. The predicted molar refractivity (Wildman–Crippen MR) is 73.4 cm³/mol. The van der Waals surface area contributed by atoms with Crippen molar-refractivity contribution >= 4 is 5.91 Å². The van der Waals surface area contributed by atoms with Gasteiger partial charge in [0, 0.05) is 19.1 Å². The molecule has 1 unspecified atom stereocenters. The van der Waals surface area contributed by atoms with E-state index in [4.69, 9.17) is 5.73 Å². The fraction of sp³-hybridized carbons (Fsp3) is 0.533. The maximum Gasteiger partial charge on any atom is 0.256 e. The molecule has 1 aromatic rings. The molecule has 2 N–H and O–H groups in total. The van der Waals surface area contributed by atoms with E-state index in [9.17, 15) is 9.18 Å². The minimum absolute atomic E-state index is 0.0823. The molecule has 2 rings (SSSR count). The number of likely N-dealkylation sites (tertiary alicyclic amines) is 1. The van der Waals surface area contributed by atoms with Gasteiger partial charge < -0.3 is 10.6 Å². The van der Waals surface area contributed by atoms with Crippen molar-refractivity contribution in [2.75, 3.05) is 13.1 Å². The summed E-state index contributed by atoms with van der Waals surface area (Å²) >= 11 is 0. The Balaban J connectivity index is 2.23. The Morgan fingerprint density at radius 1 is 1.47 bits per heavy atom. The largest absolute Gasteiger partial charge is 0.338 e. The summed E-state index contributed by atoms with van der Waals surface area (Å²) in [6.07, 6.45) is 0.756. The number of benzene rings is 1. The number of hydrogen-bond acceptors (Lipinski definition) is 2. The highest BCUT2D eigenvalue weighted by Gasteiger charge is 2.36. The van der Waals surface area contributed by atoms with Crippen molar-refractivity contribution < 1.29 is 9.18 Å². The van der Waals surface area contributed by atoms with E-state index in [0.717, 1.165) is 12.0 Å². The molecule has 0 bridgehead atoms. The molecule has 0 spiro atoms. The molecule has 0 saturated carbocycles. The van der Waals surface area contributed by atoms with Gasteiger partial charge in [0.1, 0.15) is 5.82 Å². The average molecular weight is 264 g/mol. The molecular formula is C15H21FN2O. The highest BCUT2D eigenvalue weighted by Crippen LogP contribution is 2.29. The van der Waals surface area contributed by atoms with Gasteiger partial charge in [-0.05, 0) is 30.9 Å². The summed E-state index contributed by atoms with van der Waals surface area (Å²) in [6.45, 7) is 7.11. The Bertz CT molecular complexity index is 499. The van der Waals surface area contributed by atoms with Crippen LogP contribution in [0.15, 0.2) is 18.2 Å². The molecule has 19 heavy (non-hydrogen) atoms. The number of hydrogen-bond donors (Lipinski definition) is 1. The number of rotatable bonds is 1. The Morgan fingerprint density at radius 3 is 2.79 bits per heavy atom. The predicted octanol–water partition coefficient (Wildman–Crippen LogP) is 2.33. The van der Waals surface area contributed by atoms with Gasteiger partial charge in [-0.1, -0.05) is 25.5 Å². The molecule has 4 heteroatoms. The minimum Gasteiger partial charge on any atom is -0.338 e. The third-order valence-electron chi connectivity index (χ3n) is 3.95. The van der Waals surface area contributed by atoms with Crippen molar-refractivity contribution in [3.63, 3.8) is 0 Å². The summed E-state index contributed by atoms with van der Waals surface area (Å²) in [7, 11) is 0. The molecule has 1 aliphatic heterocycles. The van der Waals surface area contributed by atoms with Gasteiger partial charge in [0.15, 0.2) is 0 Å². The maximum absolute atomic E-state index is 13.8. The van der Waals surface area contributed by atoms with Gasteiger partial charge in [-0.3, -0.25) is 4.79 Å². The van der Waals surface area contributed by atoms with E-state index in [1.54, 1.807) is 17.0 Å². The van der Waals surface area contributed by atoms with Gasteiger partial charge in [0.2, 0.25) is 0 Å². The van der Waals surface area contributed by atoms with Crippen LogP contribution in [0.5, 0.6) is 0 Å². The monoisotopic (exact) mass is 264 g/mol. The van der Waals surface area contributed by atoms with Crippen LogP contribution < -0.4 is 5.73 Å². The van der Waals surface area contributed by atoms with Crippen molar-refractivity contribution in [2.45, 2.75) is 33.2 Å². The number of aryl methyl sites for hydroxylation is 1. The van der Waals surface area contributed by atoms with Gasteiger partial charge in [-0.15, -0.1) is 0 Å². The minimum atomic E-state index is -0.455. The third kappa shape index (κ3) is 2.78. The van der Waals surface area contributed by atoms with Gasteiger partial charge >= 0.3 is 0 Å². The summed E-state index contributed by atoms with van der Waals surface area (Å²) in [5.41, 5.74) is 6.97. The lowest BCUT2D eigenvalue weighted by Gasteiger charge is -2.42. The highest BCUT2D eigenvalue weighted by atomic mass is 19.1. The standard InChI is InChI=1S/C15H21FN2O/c1-10-4-5-12(16)11(8-10)14(19)18-7-6-13(17)15(2,3)9-18/h4-5,8,13H,6-7,9,17H2,1-3H3. The average Bonchev–Trinajstić information content (AvgIpc) is 2.35. The Labute approximate surface area is 113 Å². The first-order valence-corrected chi connectivity index (χ1v) is 6.62. The zero-order valence-corrected chi connectivity index (χ0v) is 11.7. The number of piperidine rings is 1. The van der Waals surface area contributed by atoms with Crippen LogP contribution in [0.2, 0.25) is 0 Å². The van der Waals surface area contributed by atoms with E-state index in [0.29, 0.717) is 13.1 Å². The van der Waals surface area contributed by atoms with E-state index >= 15 is 0 Å².